The maximum absolute atomic E-state index is 9.04. The molecule has 3 aromatic carbocycles. The zero-order valence-electron chi connectivity index (χ0n) is 17.6. The molecule has 3 rings (SSSR count). The van der Waals surface area contributed by atoms with Gasteiger partial charge in [0.15, 0.2) is 5.97 Å². The number of nitrogens with one attached hydrogen (secondary N) is 1. The van der Waals surface area contributed by atoms with Crippen LogP contribution in [0.4, 0.5) is 0 Å². The van der Waals surface area contributed by atoms with Gasteiger partial charge in [0.1, 0.15) is 6.04 Å². The minimum absolute atomic E-state index is 0.296. The van der Waals surface area contributed by atoms with Crippen molar-refractivity contribution in [2.75, 3.05) is 14.1 Å². The molecule has 0 aliphatic heterocycles. The fraction of sp³-hybridized carbons (Fsp3) is 0.120. The second kappa shape index (κ2) is 12.2. The fourth-order valence-corrected chi connectivity index (χ4v) is 3.33. The Morgan fingerprint density at radius 1 is 0.938 bits per heavy atom. The van der Waals surface area contributed by atoms with Crippen molar-refractivity contribution in [2.45, 2.75) is 6.04 Å². The first-order chi connectivity index (χ1) is 15.2. The number of carboxylic acid groups (broad SMARTS) is 2. The zero-order valence-corrected chi connectivity index (χ0v) is 19.9. The summed E-state index contributed by atoms with van der Waals surface area (Å²) in [4.78, 5) is 19.4. The van der Waals surface area contributed by atoms with E-state index in [1.165, 1.54) is 21.6 Å². The molecule has 0 amide bonds. The summed E-state index contributed by atoms with van der Waals surface area (Å²) in [5.41, 5.74) is 4.92. The first-order valence-electron chi connectivity index (χ1n) is 9.71. The number of carbonyl (C=O) groups excluding carboxylic acids is 1. The van der Waals surface area contributed by atoms with Crippen molar-refractivity contribution < 1.29 is 24.7 Å². The monoisotopic (exact) mass is 515 g/mol. The van der Waals surface area contributed by atoms with Crippen molar-refractivity contribution in [1.82, 2.24) is 0 Å². The third kappa shape index (κ3) is 7.96. The topological polar surface area (TPSA) is 81.9 Å². The number of hydrogen-bond acceptors (Lipinski definition) is 3. The number of halogens is 2. The molecule has 0 aliphatic carbocycles. The fourth-order valence-electron chi connectivity index (χ4n) is 2.94. The molecule has 166 valence electrons. The Morgan fingerprint density at radius 2 is 1.41 bits per heavy atom. The van der Waals surface area contributed by atoms with Gasteiger partial charge in [-0.3, -0.25) is 0 Å². The van der Waals surface area contributed by atoms with Crippen LogP contribution in [-0.2, 0) is 9.59 Å². The van der Waals surface area contributed by atoms with Gasteiger partial charge in [0.2, 0.25) is 0 Å². The highest BCUT2D eigenvalue weighted by molar-refractivity contribution is 9.10. The minimum Gasteiger partial charge on any atom is -0.539 e. The summed E-state index contributed by atoms with van der Waals surface area (Å²) in [6.07, 6.45) is 4.42. The summed E-state index contributed by atoms with van der Waals surface area (Å²) in [5, 5.41) is 17.1. The number of rotatable bonds is 5. The highest BCUT2D eigenvalue weighted by Gasteiger charge is 2.14. The Hall–Kier alpha value is -2.93. The Kier molecular flexibility index (Phi) is 9.65. The normalized spacial score (nSPS) is 11.7. The molecular formula is C25H23BrClNO4. The van der Waals surface area contributed by atoms with Crippen molar-refractivity contribution >= 4 is 45.5 Å². The lowest BCUT2D eigenvalue weighted by Crippen LogP contribution is -3.05. The third-order valence-electron chi connectivity index (χ3n) is 4.60. The summed E-state index contributed by atoms with van der Waals surface area (Å²) < 4.78 is 1.10. The van der Waals surface area contributed by atoms with E-state index in [4.69, 9.17) is 31.4 Å². The Bertz CT molecular complexity index is 1050. The molecule has 0 saturated carbocycles. The minimum atomic E-state index is -2.07. The van der Waals surface area contributed by atoms with Gasteiger partial charge < -0.3 is 19.9 Å². The second-order valence-corrected chi connectivity index (χ2v) is 8.54. The number of likely N-dealkylation sites (N-methyl/N-ethyl adjacent to an activating group) is 1. The summed E-state index contributed by atoms with van der Waals surface area (Å²) in [6, 6.07) is 25.5. The van der Waals surface area contributed by atoms with Crippen molar-refractivity contribution in [1.29, 1.82) is 0 Å². The quantitative estimate of drug-likeness (QED) is 0.509. The molecule has 0 saturated heterocycles. The maximum Gasteiger partial charge on any atom is 0.351 e. The van der Waals surface area contributed by atoms with Gasteiger partial charge in [-0.05, 0) is 47.0 Å². The van der Waals surface area contributed by atoms with Crippen LogP contribution in [0.15, 0.2) is 83.3 Å². The van der Waals surface area contributed by atoms with E-state index in [2.05, 4.69) is 90.7 Å². The average Bonchev–Trinajstić information content (AvgIpc) is 2.76. The predicted octanol–water partition coefficient (Wildman–Crippen LogP) is 3.49. The van der Waals surface area contributed by atoms with E-state index in [0.717, 1.165) is 15.1 Å². The Labute approximate surface area is 200 Å². The molecule has 3 aromatic rings. The lowest BCUT2D eigenvalue weighted by Gasteiger charge is -2.19. The van der Waals surface area contributed by atoms with Crippen LogP contribution in [0, 0.1) is 0 Å². The van der Waals surface area contributed by atoms with E-state index < -0.39 is 11.9 Å². The second-order valence-electron chi connectivity index (χ2n) is 7.19. The summed E-state index contributed by atoms with van der Waals surface area (Å²) in [6.45, 7) is 0. The molecule has 1 atom stereocenters. The van der Waals surface area contributed by atoms with E-state index in [0.29, 0.717) is 6.04 Å². The summed E-state index contributed by atoms with van der Waals surface area (Å²) in [7, 11) is 4.36. The number of benzene rings is 3. The SMILES string of the molecule is C[NH+](C)C(C=Cc1ccc(Cl)cc1)c1ccc(-c2ccc(Br)cc2)cc1.O=C([O-])C(=O)O. The molecule has 32 heavy (non-hydrogen) atoms. The Balaban J connectivity index is 0.000000534. The van der Waals surface area contributed by atoms with Gasteiger partial charge in [-0.1, -0.05) is 82.1 Å². The molecule has 0 bridgehead atoms. The average molecular weight is 517 g/mol. The van der Waals surface area contributed by atoms with E-state index in [9.17, 15) is 0 Å². The van der Waals surface area contributed by atoms with Crippen LogP contribution < -0.4 is 10.0 Å². The lowest BCUT2D eigenvalue weighted by molar-refractivity contribution is -0.884. The summed E-state index contributed by atoms with van der Waals surface area (Å²) >= 11 is 9.45. The van der Waals surface area contributed by atoms with Gasteiger partial charge in [-0.2, -0.15) is 0 Å². The number of carbonyl (C=O) groups is 2. The van der Waals surface area contributed by atoms with Gasteiger partial charge in [0.05, 0.1) is 14.1 Å². The van der Waals surface area contributed by atoms with Crippen molar-refractivity contribution in [3.8, 4) is 11.1 Å². The first-order valence-corrected chi connectivity index (χ1v) is 10.9. The van der Waals surface area contributed by atoms with Gasteiger partial charge >= 0.3 is 5.97 Å². The molecule has 0 aliphatic rings. The molecule has 0 radical (unpaired) electrons. The van der Waals surface area contributed by atoms with Gasteiger partial charge in [0, 0.05) is 15.1 Å². The number of hydrogen-bond donors (Lipinski definition) is 2. The highest BCUT2D eigenvalue weighted by atomic mass is 79.9. The molecule has 7 heteroatoms. The van der Waals surface area contributed by atoms with E-state index in [-0.39, 0.29) is 0 Å². The number of quaternary nitrogens is 1. The van der Waals surface area contributed by atoms with Crippen LogP contribution in [0.1, 0.15) is 17.2 Å². The molecule has 1 unspecified atom stereocenters. The molecule has 0 heterocycles. The first kappa shape index (κ1) is 25.3. The van der Waals surface area contributed by atoms with Crippen LogP contribution in [-0.4, -0.2) is 31.1 Å². The van der Waals surface area contributed by atoms with Crippen molar-refractivity contribution in [3.63, 3.8) is 0 Å². The molecule has 5 nitrogen and oxygen atoms in total. The largest absolute Gasteiger partial charge is 0.539 e. The molecule has 0 fully saturated rings. The van der Waals surface area contributed by atoms with E-state index in [1.807, 2.05) is 24.3 Å². The van der Waals surface area contributed by atoms with Crippen LogP contribution in [0.25, 0.3) is 17.2 Å². The zero-order chi connectivity index (χ0) is 23.7. The van der Waals surface area contributed by atoms with Gasteiger partial charge in [0.25, 0.3) is 0 Å². The molecular weight excluding hydrogens is 494 g/mol. The lowest BCUT2D eigenvalue weighted by atomic mass is 9.99. The predicted molar refractivity (Wildman–Crippen MR) is 128 cm³/mol. The van der Waals surface area contributed by atoms with E-state index in [1.54, 1.807) is 0 Å². The molecule has 0 spiro atoms. The standard InChI is InChI=1S/C23H21BrClN.C2H2O4/c1-26(2)23(16-5-17-3-14-22(25)15-4-17)20-8-6-18(7-9-20)19-10-12-21(24)13-11-19;3-1(4)2(5)6/h3-16,23H,1-2H3;(H,3,4)(H,5,6). The van der Waals surface area contributed by atoms with E-state index >= 15 is 0 Å². The van der Waals surface area contributed by atoms with Crippen LogP contribution in [0.5, 0.6) is 0 Å². The number of aliphatic carboxylic acids is 2. The highest BCUT2D eigenvalue weighted by Crippen LogP contribution is 2.24. The molecule has 2 N–H and O–H groups in total. The van der Waals surface area contributed by atoms with Crippen molar-refractivity contribution in [3.05, 3.63) is 99.5 Å². The summed E-state index contributed by atoms with van der Waals surface area (Å²) in [5.74, 6) is -4.01. The van der Waals surface area contributed by atoms with Crippen LogP contribution in [0.3, 0.4) is 0 Å². The maximum atomic E-state index is 9.04. The van der Waals surface area contributed by atoms with Crippen LogP contribution >= 0.6 is 27.5 Å². The van der Waals surface area contributed by atoms with Crippen LogP contribution in [0.2, 0.25) is 5.02 Å². The third-order valence-corrected chi connectivity index (χ3v) is 5.38. The number of carboxylic acids is 2. The van der Waals surface area contributed by atoms with Crippen molar-refractivity contribution in [2.24, 2.45) is 0 Å². The Morgan fingerprint density at radius 3 is 1.84 bits per heavy atom. The van der Waals surface area contributed by atoms with Gasteiger partial charge in [-0.25, -0.2) is 4.79 Å². The smallest absolute Gasteiger partial charge is 0.351 e. The van der Waals surface area contributed by atoms with Gasteiger partial charge in [-0.15, -0.1) is 0 Å². The molecule has 0 aromatic heterocycles.